The van der Waals surface area contributed by atoms with Crippen LogP contribution in [0.1, 0.15) is 54.4 Å². The van der Waals surface area contributed by atoms with E-state index in [2.05, 4.69) is 9.97 Å². The van der Waals surface area contributed by atoms with Gasteiger partial charge in [0.25, 0.3) is 5.56 Å². The number of hydrogen-bond acceptors (Lipinski definition) is 3. The molecule has 0 unspecified atom stereocenters. The third-order valence-corrected chi connectivity index (χ3v) is 5.24. The fraction of sp³-hybridized carbons (Fsp3) is 0.450. The normalized spacial score (nSPS) is 20.0. The first-order valence-electron chi connectivity index (χ1n) is 9.07. The maximum Gasteiger partial charge on any atom is 0.254 e. The van der Waals surface area contributed by atoms with Crippen LogP contribution < -0.4 is 5.56 Å². The molecule has 1 aromatic carbocycles. The average Bonchev–Trinajstić information content (AvgIpc) is 3.35. The first-order valence-corrected chi connectivity index (χ1v) is 9.07. The lowest BCUT2D eigenvalue weighted by Gasteiger charge is -2.24. The first-order chi connectivity index (χ1) is 12.1. The highest BCUT2D eigenvalue weighted by Gasteiger charge is 2.39. The van der Waals surface area contributed by atoms with Crippen LogP contribution in [0.2, 0.25) is 0 Å². The van der Waals surface area contributed by atoms with Crippen molar-refractivity contribution < 1.29 is 4.79 Å². The van der Waals surface area contributed by atoms with Crippen molar-refractivity contribution in [2.45, 2.75) is 45.1 Å². The predicted molar refractivity (Wildman–Crippen MR) is 95.3 cm³/mol. The molecule has 0 bridgehead atoms. The molecule has 2 aliphatic rings. The van der Waals surface area contributed by atoms with Crippen LogP contribution in [0.25, 0.3) is 0 Å². The van der Waals surface area contributed by atoms with Gasteiger partial charge in [0.05, 0.1) is 6.04 Å². The number of aromatic amines is 1. The van der Waals surface area contributed by atoms with Gasteiger partial charge in [-0.25, -0.2) is 4.98 Å². The highest BCUT2D eigenvalue weighted by molar-refractivity contribution is 5.81. The second kappa shape index (κ2) is 6.47. The Labute approximate surface area is 147 Å². The van der Waals surface area contributed by atoms with E-state index in [1.807, 2.05) is 42.2 Å². The minimum Gasteiger partial charge on any atom is -0.332 e. The summed E-state index contributed by atoms with van der Waals surface area (Å²) in [4.78, 5) is 34.7. The highest BCUT2D eigenvalue weighted by Crippen LogP contribution is 2.37. The van der Waals surface area contributed by atoms with Crippen molar-refractivity contribution in [1.82, 2.24) is 14.9 Å². The van der Waals surface area contributed by atoms with Crippen molar-refractivity contribution in [3.8, 4) is 0 Å². The molecule has 1 amide bonds. The van der Waals surface area contributed by atoms with Crippen molar-refractivity contribution in [2.24, 2.45) is 5.92 Å². The minimum absolute atomic E-state index is 0.0784. The summed E-state index contributed by atoms with van der Waals surface area (Å²) in [5, 5.41) is 0. The van der Waals surface area contributed by atoms with E-state index in [-0.39, 0.29) is 23.4 Å². The molecule has 1 atom stereocenters. The van der Waals surface area contributed by atoms with Crippen molar-refractivity contribution in [1.29, 1.82) is 0 Å². The van der Waals surface area contributed by atoms with Gasteiger partial charge in [0.15, 0.2) is 0 Å². The summed E-state index contributed by atoms with van der Waals surface area (Å²) >= 11 is 0. The van der Waals surface area contributed by atoms with E-state index in [1.54, 1.807) is 0 Å². The Morgan fingerprint density at radius 1 is 1.24 bits per heavy atom. The van der Waals surface area contributed by atoms with Gasteiger partial charge in [-0.15, -0.1) is 0 Å². The zero-order valence-corrected chi connectivity index (χ0v) is 14.5. The molecule has 1 aliphatic carbocycles. The molecular formula is C20H23N3O2. The SMILES string of the molecule is Cc1nc([C@@H]2CCCN2C(=O)C2CC2)[nH]c(=O)c1Cc1ccccc1. The third-order valence-electron chi connectivity index (χ3n) is 5.24. The average molecular weight is 337 g/mol. The number of nitrogens with one attached hydrogen (secondary N) is 1. The van der Waals surface area contributed by atoms with Gasteiger partial charge in [0.1, 0.15) is 5.82 Å². The summed E-state index contributed by atoms with van der Waals surface area (Å²) in [6, 6.07) is 9.86. The molecular weight excluding hydrogens is 314 g/mol. The van der Waals surface area contributed by atoms with Crippen molar-refractivity contribution in [2.75, 3.05) is 6.54 Å². The summed E-state index contributed by atoms with van der Waals surface area (Å²) in [5.41, 5.74) is 2.47. The van der Waals surface area contributed by atoms with E-state index in [1.165, 1.54) is 0 Å². The van der Waals surface area contributed by atoms with E-state index in [0.717, 1.165) is 43.5 Å². The number of benzene rings is 1. The molecule has 5 nitrogen and oxygen atoms in total. The topological polar surface area (TPSA) is 66.1 Å². The standard InChI is InChI=1S/C20H23N3O2/c1-13-16(12-14-6-3-2-4-7-14)19(24)22-18(21-13)17-8-5-11-23(17)20(25)15-9-10-15/h2-4,6-7,15,17H,5,8-12H2,1H3,(H,21,22,24)/t17-/m0/s1. The summed E-state index contributed by atoms with van der Waals surface area (Å²) in [7, 11) is 0. The van der Waals surface area contributed by atoms with Gasteiger partial charge in [-0.3, -0.25) is 9.59 Å². The Kier molecular flexibility index (Phi) is 4.15. The molecule has 0 spiro atoms. The molecule has 1 N–H and O–H groups in total. The number of rotatable bonds is 4. The molecule has 4 rings (SSSR count). The smallest absolute Gasteiger partial charge is 0.254 e. The van der Waals surface area contributed by atoms with Crippen molar-refractivity contribution in [3.63, 3.8) is 0 Å². The molecule has 2 fully saturated rings. The predicted octanol–water partition coefficient (Wildman–Crippen LogP) is 2.74. The summed E-state index contributed by atoms with van der Waals surface area (Å²) in [6.45, 7) is 2.66. The Hall–Kier alpha value is -2.43. The van der Waals surface area contributed by atoms with Gasteiger partial charge < -0.3 is 9.88 Å². The van der Waals surface area contributed by atoms with E-state index in [9.17, 15) is 9.59 Å². The van der Waals surface area contributed by atoms with Crippen LogP contribution in [0.15, 0.2) is 35.1 Å². The van der Waals surface area contributed by atoms with E-state index in [4.69, 9.17) is 0 Å². The lowest BCUT2D eigenvalue weighted by Crippen LogP contribution is -2.34. The van der Waals surface area contributed by atoms with E-state index < -0.39 is 0 Å². The Balaban J connectivity index is 1.61. The highest BCUT2D eigenvalue weighted by atomic mass is 16.2. The molecule has 1 aliphatic heterocycles. The van der Waals surface area contributed by atoms with Gasteiger partial charge >= 0.3 is 0 Å². The molecule has 130 valence electrons. The van der Waals surface area contributed by atoms with Crippen LogP contribution in [-0.2, 0) is 11.2 Å². The molecule has 1 aromatic heterocycles. The number of H-pyrrole nitrogens is 1. The number of aryl methyl sites for hydroxylation is 1. The number of carbonyl (C=O) groups is 1. The fourth-order valence-corrected chi connectivity index (χ4v) is 3.68. The van der Waals surface area contributed by atoms with Gasteiger partial charge in [-0.2, -0.15) is 0 Å². The summed E-state index contributed by atoms with van der Waals surface area (Å²) in [6.07, 6.45) is 4.42. The van der Waals surface area contributed by atoms with Crippen LogP contribution in [-0.4, -0.2) is 27.3 Å². The molecule has 2 aromatic rings. The second-order valence-electron chi connectivity index (χ2n) is 7.14. The van der Waals surface area contributed by atoms with Crippen molar-refractivity contribution >= 4 is 5.91 Å². The van der Waals surface area contributed by atoms with Gasteiger partial charge in [0.2, 0.25) is 5.91 Å². The molecule has 0 radical (unpaired) electrons. The van der Waals surface area contributed by atoms with Crippen LogP contribution in [0.5, 0.6) is 0 Å². The molecule has 1 saturated heterocycles. The van der Waals surface area contributed by atoms with Gasteiger partial charge in [0, 0.05) is 30.1 Å². The number of hydrogen-bond donors (Lipinski definition) is 1. The minimum atomic E-state index is -0.0860. The lowest BCUT2D eigenvalue weighted by atomic mass is 10.0. The zero-order valence-electron chi connectivity index (χ0n) is 14.5. The largest absolute Gasteiger partial charge is 0.332 e. The first kappa shape index (κ1) is 16.1. The van der Waals surface area contributed by atoms with E-state index >= 15 is 0 Å². The van der Waals surface area contributed by atoms with Crippen LogP contribution in [0.4, 0.5) is 0 Å². The van der Waals surface area contributed by atoms with Crippen LogP contribution in [0, 0.1) is 12.8 Å². The summed E-state index contributed by atoms with van der Waals surface area (Å²) < 4.78 is 0. The Bertz CT molecular complexity index is 840. The maximum absolute atomic E-state index is 12.6. The van der Waals surface area contributed by atoms with Gasteiger partial charge in [-0.05, 0) is 38.2 Å². The molecule has 25 heavy (non-hydrogen) atoms. The Morgan fingerprint density at radius 2 is 2.00 bits per heavy atom. The van der Waals surface area contributed by atoms with Crippen LogP contribution >= 0.6 is 0 Å². The lowest BCUT2D eigenvalue weighted by molar-refractivity contribution is -0.133. The number of nitrogens with zero attached hydrogens (tertiary/aromatic N) is 2. The Morgan fingerprint density at radius 3 is 2.68 bits per heavy atom. The maximum atomic E-state index is 12.6. The fourth-order valence-electron chi connectivity index (χ4n) is 3.68. The van der Waals surface area contributed by atoms with Gasteiger partial charge in [-0.1, -0.05) is 30.3 Å². The third kappa shape index (κ3) is 3.23. The number of amides is 1. The number of carbonyl (C=O) groups excluding carboxylic acids is 1. The number of likely N-dealkylation sites (tertiary alicyclic amines) is 1. The molecule has 2 heterocycles. The second-order valence-corrected chi connectivity index (χ2v) is 7.14. The monoisotopic (exact) mass is 337 g/mol. The molecule has 5 heteroatoms. The zero-order chi connectivity index (χ0) is 17.4. The van der Waals surface area contributed by atoms with Crippen LogP contribution in [0.3, 0.4) is 0 Å². The number of aromatic nitrogens is 2. The van der Waals surface area contributed by atoms with E-state index in [0.29, 0.717) is 17.8 Å². The quantitative estimate of drug-likeness (QED) is 0.933. The summed E-state index contributed by atoms with van der Waals surface area (Å²) in [5.74, 6) is 1.08. The van der Waals surface area contributed by atoms with Crippen molar-refractivity contribution in [3.05, 3.63) is 63.3 Å². The molecule has 1 saturated carbocycles.